The van der Waals surface area contributed by atoms with Crippen molar-refractivity contribution in [1.82, 2.24) is 24.7 Å². The molecule has 0 saturated heterocycles. The summed E-state index contributed by atoms with van der Waals surface area (Å²) in [6.45, 7) is 1.67. The van der Waals surface area contributed by atoms with Crippen molar-refractivity contribution in [1.29, 1.82) is 0 Å². The quantitative estimate of drug-likeness (QED) is 0.516. The maximum Gasteiger partial charge on any atom is 0.283 e. The average molecular weight is 422 g/mol. The summed E-state index contributed by atoms with van der Waals surface area (Å²) in [4.78, 5) is 48.9. The van der Waals surface area contributed by atoms with Crippen molar-refractivity contribution in [2.45, 2.75) is 25.7 Å². The summed E-state index contributed by atoms with van der Waals surface area (Å²) in [5, 5.41) is 3.82. The molecule has 150 valence electrons. The number of nitrogens with zero attached hydrogens (tertiary/aromatic N) is 3. The van der Waals surface area contributed by atoms with E-state index in [4.69, 9.17) is 11.6 Å². The van der Waals surface area contributed by atoms with Crippen molar-refractivity contribution >= 4 is 28.4 Å². The van der Waals surface area contributed by atoms with Crippen molar-refractivity contribution in [3.63, 3.8) is 0 Å². The number of halogens is 1. The van der Waals surface area contributed by atoms with E-state index in [1.807, 2.05) is 18.2 Å². The van der Waals surface area contributed by atoms with E-state index in [0.717, 1.165) is 10.2 Å². The normalized spacial score (nSPS) is 16.1. The lowest BCUT2D eigenvalue weighted by molar-refractivity contribution is 0.0964. The minimum Gasteiger partial charge on any atom is -0.294 e. The Hall–Kier alpha value is -3.52. The fraction of sp³-hybridized carbons (Fsp3) is 0.190. The maximum absolute atomic E-state index is 13.2. The van der Waals surface area contributed by atoms with Crippen LogP contribution in [0.5, 0.6) is 0 Å². The number of carbonyl (C=O) groups excluding carboxylic acids is 1. The predicted molar refractivity (Wildman–Crippen MR) is 112 cm³/mol. The number of aromatic amines is 2. The number of Topliss-reactive ketones (excluding diaryl/α,β-unsaturated/α-hetero) is 1. The van der Waals surface area contributed by atoms with E-state index in [0.29, 0.717) is 45.7 Å². The number of carbonyl (C=O) groups is 1. The molecule has 5 rings (SSSR count). The molecule has 2 N–H and O–H groups in total. The molecule has 0 fully saturated rings. The highest BCUT2D eigenvalue weighted by Crippen LogP contribution is 2.35. The van der Waals surface area contributed by atoms with Crippen LogP contribution in [0.25, 0.3) is 17.0 Å². The summed E-state index contributed by atoms with van der Waals surface area (Å²) in [6.07, 6.45) is 2.33. The molecule has 0 saturated carbocycles. The lowest BCUT2D eigenvalue weighted by Gasteiger charge is -2.24. The molecular weight excluding hydrogens is 406 g/mol. The zero-order valence-corrected chi connectivity index (χ0v) is 16.7. The second-order valence-corrected chi connectivity index (χ2v) is 7.86. The van der Waals surface area contributed by atoms with Gasteiger partial charge in [-0.3, -0.25) is 24.5 Å². The lowest BCUT2D eigenvalue weighted by Crippen LogP contribution is -2.24. The van der Waals surface area contributed by atoms with Gasteiger partial charge < -0.3 is 0 Å². The SMILES string of the molecule is Cc1cc(=O)[nH]c(-n2[nH]c3ncc4c(c3c2=O)C[C@@H](c2cccc(Cl)c2)CC4=O)n1. The predicted octanol–water partition coefficient (Wildman–Crippen LogP) is 2.67. The first-order chi connectivity index (χ1) is 14.4. The highest BCUT2D eigenvalue weighted by molar-refractivity contribution is 6.30. The molecule has 0 unspecified atom stereocenters. The molecule has 9 heteroatoms. The van der Waals surface area contributed by atoms with E-state index in [1.54, 1.807) is 13.0 Å². The van der Waals surface area contributed by atoms with Gasteiger partial charge in [-0.05, 0) is 42.5 Å². The van der Waals surface area contributed by atoms with E-state index in [9.17, 15) is 14.4 Å². The highest BCUT2D eigenvalue weighted by atomic mass is 35.5. The van der Waals surface area contributed by atoms with E-state index in [1.165, 1.54) is 12.3 Å². The second-order valence-electron chi connectivity index (χ2n) is 7.42. The molecule has 1 aromatic carbocycles. The van der Waals surface area contributed by atoms with Crippen LogP contribution < -0.4 is 11.1 Å². The summed E-state index contributed by atoms with van der Waals surface area (Å²) in [5.41, 5.74) is 2.09. The van der Waals surface area contributed by atoms with E-state index < -0.39 is 5.56 Å². The Bertz CT molecular complexity index is 1450. The molecule has 0 amide bonds. The van der Waals surface area contributed by atoms with Gasteiger partial charge in [-0.25, -0.2) is 9.97 Å². The number of rotatable bonds is 2. The first-order valence-corrected chi connectivity index (χ1v) is 9.78. The van der Waals surface area contributed by atoms with Gasteiger partial charge in [-0.2, -0.15) is 4.68 Å². The van der Waals surface area contributed by atoms with E-state index in [-0.39, 0.29) is 23.2 Å². The van der Waals surface area contributed by atoms with Crippen LogP contribution in [0.1, 0.15) is 39.5 Å². The molecule has 3 heterocycles. The Labute approximate surface area is 174 Å². The molecule has 4 aromatic rings. The number of pyridine rings is 1. The highest BCUT2D eigenvalue weighted by Gasteiger charge is 2.30. The summed E-state index contributed by atoms with van der Waals surface area (Å²) >= 11 is 6.13. The molecule has 0 spiro atoms. The fourth-order valence-electron chi connectivity index (χ4n) is 4.05. The van der Waals surface area contributed by atoms with Crippen LogP contribution in [0, 0.1) is 6.92 Å². The number of nitrogens with one attached hydrogen (secondary N) is 2. The minimum absolute atomic E-state index is 0.0649. The number of hydrogen-bond donors (Lipinski definition) is 2. The van der Waals surface area contributed by atoms with Crippen molar-refractivity contribution in [3.05, 3.63) is 84.6 Å². The average Bonchev–Trinajstić information content (AvgIpc) is 3.04. The van der Waals surface area contributed by atoms with Gasteiger partial charge in [0.2, 0.25) is 5.95 Å². The van der Waals surface area contributed by atoms with Gasteiger partial charge in [-0.1, -0.05) is 23.7 Å². The van der Waals surface area contributed by atoms with Crippen LogP contribution in [-0.2, 0) is 6.42 Å². The second kappa shape index (κ2) is 6.77. The summed E-state index contributed by atoms with van der Waals surface area (Å²) in [6, 6.07) is 8.75. The third-order valence-corrected chi connectivity index (χ3v) is 5.63. The number of H-pyrrole nitrogens is 2. The maximum atomic E-state index is 13.2. The van der Waals surface area contributed by atoms with Crippen LogP contribution in [-0.4, -0.2) is 30.5 Å². The first-order valence-electron chi connectivity index (χ1n) is 9.40. The first kappa shape index (κ1) is 18.5. The van der Waals surface area contributed by atoms with Crippen LogP contribution in [0.4, 0.5) is 0 Å². The monoisotopic (exact) mass is 421 g/mol. The van der Waals surface area contributed by atoms with Crippen LogP contribution in [0.2, 0.25) is 5.02 Å². The third kappa shape index (κ3) is 2.96. The van der Waals surface area contributed by atoms with Gasteiger partial charge in [-0.15, -0.1) is 0 Å². The number of hydrogen-bond acceptors (Lipinski definition) is 5. The topological polar surface area (TPSA) is 113 Å². The van der Waals surface area contributed by atoms with Crippen LogP contribution in [0.3, 0.4) is 0 Å². The van der Waals surface area contributed by atoms with Crippen LogP contribution in [0.15, 0.2) is 46.1 Å². The molecule has 0 radical (unpaired) electrons. The third-order valence-electron chi connectivity index (χ3n) is 5.39. The van der Waals surface area contributed by atoms with Crippen molar-refractivity contribution in [2.24, 2.45) is 0 Å². The van der Waals surface area contributed by atoms with Gasteiger partial charge >= 0.3 is 0 Å². The molecule has 8 nitrogen and oxygen atoms in total. The molecular formula is C21H16ClN5O3. The number of benzene rings is 1. The molecule has 1 aliphatic rings. The lowest BCUT2D eigenvalue weighted by atomic mass is 9.79. The Morgan fingerprint density at radius 2 is 2.00 bits per heavy atom. The van der Waals surface area contributed by atoms with Crippen molar-refractivity contribution in [3.8, 4) is 5.95 Å². The Balaban J connectivity index is 1.69. The largest absolute Gasteiger partial charge is 0.294 e. The molecule has 1 atom stereocenters. The summed E-state index contributed by atoms with van der Waals surface area (Å²) in [5.74, 6) is -0.0795. The van der Waals surface area contributed by atoms with Gasteiger partial charge in [0, 0.05) is 35.0 Å². The van der Waals surface area contributed by atoms with Gasteiger partial charge in [0.1, 0.15) is 0 Å². The smallest absolute Gasteiger partial charge is 0.283 e. The van der Waals surface area contributed by atoms with E-state index in [2.05, 4.69) is 20.1 Å². The number of aromatic nitrogens is 5. The van der Waals surface area contributed by atoms with E-state index >= 15 is 0 Å². The zero-order chi connectivity index (χ0) is 21.0. The molecule has 0 aliphatic heterocycles. The Morgan fingerprint density at radius 1 is 1.17 bits per heavy atom. The number of aryl methyl sites for hydroxylation is 1. The zero-order valence-electron chi connectivity index (χ0n) is 15.9. The Kier molecular flexibility index (Phi) is 4.18. The molecule has 30 heavy (non-hydrogen) atoms. The molecule has 1 aliphatic carbocycles. The summed E-state index contributed by atoms with van der Waals surface area (Å²) in [7, 11) is 0. The van der Waals surface area contributed by atoms with Gasteiger partial charge in [0.05, 0.1) is 5.39 Å². The van der Waals surface area contributed by atoms with Gasteiger partial charge in [0.15, 0.2) is 11.4 Å². The van der Waals surface area contributed by atoms with Crippen molar-refractivity contribution in [2.75, 3.05) is 0 Å². The number of ketones is 1. The van der Waals surface area contributed by atoms with Crippen molar-refractivity contribution < 1.29 is 4.79 Å². The minimum atomic E-state index is -0.414. The fourth-order valence-corrected chi connectivity index (χ4v) is 4.25. The Morgan fingerprint density at radius 3 is 2.77 bits per heavy atom. The standard InChI is InChI=1S/C21H16ClN5O3/c1-10-5-17(29)25-21(24-10)27-20(30)18-14-7-12(11-3-2-4-13(22)6-11)8-16(28)15(14)9-23-19(18)26-27/h2-6,9,12H,7-8H2,1H3,(H,23,26)(H,24,25,29)/t12-/m1/s1. The number of fused-ring (bicyclic) bond motifs is 3. The van der Waals surface area contributed by atoms with Gasteiger partial charge in [0.25, 0.3) is 11.1 Å². The van der Waals surface area contributed by atoms with Crippen LogP contribution >= 0.6 is 11.6 Å². The summed E-state index contributed by atoms with van der Waals surface area (Å²) < 4.78 is 1.15. The molecule has 3 aromatic heterocycles. The molecule has 0 bridgehead atoms.